The van der Waals surface area contributed by atoms with E-state index < -0.39 is 6.09 Å². The van der Waals surface area contributed by atoms with Crippen LogP contribution in [-0.2, 0) is 24.2 Å². The number of hydrogen-bond donors (Lipinski definition) is 2. The molecule has 11 nitrogen and oxygen atoms in total. The smallest absolute Gasteiger partial charge is 0.409 e. The molecule has 4 aromatic rings. The monoisotopic (exact) mass is 500 g/mol. The molecule has 2 aliphatic rings. The van der Waals surface area contributed by atoms with Crippen LogP contribution in [0.2, 0.25) is 0 Å². The van der Waals surface area contributed by atoms with Gasteiger partial charge < -0.3 is 20.3 Å². The van der Waals surface area contributed by atoms with Gasteiger partial charge in [0.15, 0.2) is 5.65 Å². The number of carbonyl (C=O) groups is 1. The Bertz CT molecular complexity index is 1560. The fraction of sp³-hybridized carbons (Fsp3) is 0.346. The van der Waals surface area contributed by atoms with Gasteiger partial charge in [-0.1, -0.05) is 6.07 Å². The maximum absolute atomic E-state index is 13.4. The molecule has 11 heteroatoms. The lowest BCUT2D eigenvalue weighted by Gasteiger charge is -2.18. The van der Waals surface area contributed by atoms with Gasteiger partial charge in [-0.2, -0.15) is 4.98 Å². The van der Waals surface area contributed by atoms with Crippen LogP contribution in [0.5, 0.6) is 0 Å². The van der Waals surface area contributed by atoms with Gasteiger partial charge in [0.05, 0.1) is 31.1 Å². The number of ether oxygens (including phenoxy) is 1. The number of carbonyl (C=O) groups excluding carboxylic acids is 1. The van der Waals surface area contributed by atoms with Crippen molar-refractivity contribution in [3.63, 3.8) is 0 Å². The molecule has 3 aromatic heterocycles. The van der Waals surface area contributed by atoms with Crippen molar-refractivity contribution in [2.75, 3.05) is 26.0 Å². The highest BCUT2D eigenvalue weighted by molar-refractivity contribution is 5.77. The summed E-state index contributed by atoms with van der Waals surface area (Å²) in [5.41, 5.74) is 5.32. The first-order valence-electron chi connectivity index (χ1n) is 12.4. The van der Waals surface area contributed by atoms with Crippen molar-refractivity contribution in [2.24, 2.45) is 0 Å². The molecule has 1 amide bonds. The maximum Gasteiger partial charge on any atom is 0.409 e. The largest absolute Gasteiger partial charge is 0.453 e. The third kappa shape index (κ3) is 4.42. The summed E-state index contributed by atoms with van der Waals surface area (Å²) in [6, 6.07) is 10.1. The molecule has 1 fully saturated rings. The van der Waals surface area contributed by atoms with Crippen LogP contribution in [0.1, 0.15) is 35.7 Å². The molecule has 0 saturated heterocycles. The van der Waals surface area contributed by atoms with E-state index in [9.17, 15) is 9.59 Å². The number of fused-ring (bicyclic) bond motifs is 2. The molecule has 0 unspecified atom stereocenters. The van der Waals surface area contributed by atoms with Crippen molar-refractivity contribution < 1.29 is 9.53 Å². The van der Waals surface area contributed by atoms with Crippen LogP contribution in [0.4, 0.5) is 16.4 Å². The fourth-order valence-electron chi connectivity index (χ4n) is 4.79. The molecule has 6 rings (SSSR count). The Hall–Kier alpha value is -4.25. The minimum atomic E-state index is -0.449. The summed E-state index contributed by atoms with van der Waals surface area (Å²) in [7, 11) is 2.99. The zero-order valence-corrected chi connectivity index (χ0v) is 20.8. The molecule has 1 aliphatic heterocycles. The summed E-state index contributed by atoms with van der Waals surface area (Å²) in [4.78, 5) is 40.3. The van der Waals surface area contributed by atoms with Crippen molar-refractivity contribution in [2.45, 2.75) is 38.4 Å². The second-order valence-electron chi connectivity index (χ2n) is 9.49. The summed E-state index contributed by atoms with van der Waals surface area (Å²) in [6.45, 7) is 2.09. The highest BCUT2D eigenvalue weighted by atomic mass is 16.5. The third-order valence-electron chi connectivity index (χ3n) is 6.80. The highest BCUT2D eigenvalue weighted by Crippen LogP contribution is 2.35. The lowest BCUT2D eigenvalue weighted by Crippen LogP contribution is -2.26. The Kier molecular flexibility index (Phi) is 5.84. The Morgan fingerprint density at radius 2 is 2.08 bits per heavy atom. The second kappa shape index (κ2) is 9.32. The van der Waals surface area contributed by atoms with Gasteiger partial charge in [-0.25, -0.2) is 19.1 Å². The standard InChI is InChI=1S/C26H28N8O3/c1-32(26(36)37-2)15-19-12-21(8-10-28-19)33-23-22(24(35)34(33)20-5-6-20)14-29-25(31-23)30-18-4-3-16-7-9-27-13-17(16)11-18/h3-4,8,10-12,14,20,27H,5-7,9,13,15H2,1-2H3,(H,29,30,31). The van der Waals surface area contributed by atoms with Gasteiger partial charge in [0.2, 0.25) is 5.95 Å². The van der Waals surface area contributed by atoms with Crippen LogP contribution in [0.25, 0.3) is 16.7 Å². The van der Waals surface area contributed by atoms with Crippen molar-refractivity contribution in [1.82, 2.24) is 34.5 Å². The Balaban J connectivity index is 1.40. The van der Waals surface area contributed by atoms with E-state index in [-0.39, 0.29) is 18.1 Å². The Labute approximate surface area is 213 Å². The van der Waals surface area contributed by atoms with Crippen molar-refractivity contribution >= 4 is 28.8 Å². The number of methoxy groups -OCH3 is 1. The van der Waals surface area contributed by atoms with E-state index in [2.05, 4.69) is 32.7 Å². The van der Waals surface area contributed by atoms with Crippen LogP contribution < -0.4 is 16.2 Å². The summed E-state index contributed by atoms with van der Waals surface area (Å²) in [5.74, 6) is 0.414. The topological polar surface area (TPSA) is 119 Å². The minimum Gasteiger partial charge on any atom is -0.453 e. The highest BCUT2D eigenvalue weighted by Gasteiger charge is 2.31. The van der Waals surface area contributed by atoms with Gasteiger partial charge in [0, 0.05) is 31.7 Å². The quantitative estimate of drug-likeness (QED) is 0.415. The van der Waals surface area contributed by atoms with Crippen molar-refractivity contribution in [3.05, 3.63) is 69.9 Å². The Morgan fingerprint density at radius 1 is 1.22 bits per heavy atom. The average Bonchev–Trinajstić information content (AvgIpc) is 3.72. The third-order valence-corrected chi connectivity index (χ3v) is 6.80. The maximum atomic E-state index is 13.4. The summed E-state index contributed by atoms with van der Waals surface area (Å²) in [5, 5.41) is 7.16. The molecule has 190 valence electrons. The van der Waals surface area contributed by atoms with Gasteiger partial charge in [0.1, 0.15) is 5.39 Å². The van der Waals surface area contributed by atoms with Crippen LogP contribution in [0, 0.1) is 0 Å². The first kappa shape index (κ1) is 23.2. The van der Waals surface area contributed by atoms with Crippen LogP contribution >= 0.6 is 0 Å². The fourth-order valence-corrected chi connectivity index (χ4v) is 4.79. The van der Waals surface area contributed by atoms with E-state index in [1.54, 1.807) is 24.1 Å². The molecule has 37 heavy (non-hydrogen) atoms. The van der Waals surface area contributed by atoms with Gasteiger partial charge in [-0.15, -0.1) is 0 Å². The minimum absolute atomic E-state index is 0.112. The zero-order chi connectivity index (χ0) is 25.5. The molecule has 1 aliphatic carbocycles. The number of rotatable bonds is 6. The normalized spacial score (nSPS) is 14.9. The number of aromatic nitrogens is 5. The van der Waals surface area contributed by atoms with Crippen molar-refractivity contribution in [3.8, 4) is 5.69 Å². The summed E-state index contributed by atoms with van der Waals surface area (Å²) in [6.07, 6.45) is 5.69. The molecular formula is C26H28N8O3. The second-order valence-corrected chi connectivity index (χ2v) is 9.49. The van der Waals surface area contributed by atoms with Gasteiger partial charge in [0.25, 0.3) is 5.56 Å². The van der Waals surface area contributed by atoms with Crippen LogP contribution in [0.15, 0.2) is 47.5 Å². The molecule has 1 aromatic carbocycles. The molecule has 0 bridgehead atoms. The molecule has 0 atom stereocenters. The van der Waals surface area contributed by atoms with E-state index in [1.165, 1.54) is 23.1 Å². The number of nitrogens with one attached hydrogen (secondary N) is 2. The molecule has 0 radical (unpaired) electrons. The number of amides is 1. The Morgan fingerprint density at radius 3 is 2.89 bits per heavy atom. The van der Waals surface area contributed by atoms with Crippen molar-refractivity contribution in [1.29, 1.82) is 0 Å². The van der Waals surface area contributed by atoms with Gasteiger partial charge >= 0.3 is 6.09 Å². The van der Waals surface area contributed by atoms with E-state index in [1.807, 2.05) is 22.9 Å². The summed E-state index contributed by atoms with van der Waals surface area (Å²) < 4.78 is 8.40. The van der Waals surface area contributed by atoms with Crippen LogP contribution in [0.3, 0.4) is 0 Å². The first-order chi connectivity index (χ1) is 18.0. The predicted molar refractivity (Wildman–Crippen MR) is 138 cm³/mol. The van der Waals surface area contributed by atoms with E-state index in [4.69, 9.17) is 9.72 Å². The number of nitrogens with zero attached hydrogens (tertiary/aromatic N) is 6. The average molecular weight is 501 g/mol. The molecule has 1 saturated carbocycles. The lowest BCUT2D eigenvalue weighted by molar-refractivity contribution is 0.131. The molecule has 0 spiro atoms. The first-order valence-corrected chi connectivity index (χ1v) is 12.4. The SMILES string of the molecule is COC(=O)N(C)Cc1cc(-n2c3nc(Nc4ccc5c(c4)CNCC5)ncc3c(=O)n2C2CC2)ccn1. The number of hydrogen-bond acceptors (Lipinski definition) is 8. The van der Waals surface area contributed by atoms with E-state index in [0.29, 0.717) is 22.7 Å². The molecular weight excluding hydrogens is 472 g/mol. The predicted octanol–water partition coefficient (Wildman–Crippen LogP) is 2.90. The van der Waals surface area contributed by atoms with E-state index in [0.717, 1.165) is 43.7 Å². The van der Waals surface area contributed by atoms with E-state index >= 15 is 0 Å². The molecule has 2 N–H and O–H groups in total. The lowest BCUT2D eigenvalue weighted by atomic mass is 10.0. The molecule has 4 heterocycles. The number of pyridine rings is 1. The number of anilines is 2. The van der Waals surface area contributed by atoms with Gasteiger partial charge in [-0.3, -0.25) is 9.78 Å². The number of benzene rings is 1. The summed E-state index contributed by atoms with van der Waals surface area (Å²) >= 11 is 0. The van der Waals surface area contributed by atoms with Crippen LogP contribution in [-0.4, -0.2) is 56.0 Å². The van der Waals surface area contributed by atoms with Gasteiger partial charge in [-0.05, 0) is 61.2 Å². The zero-order valence-electron chi connectivity index (χ0n) is 20.8.